The van der Waals surface area contributed by atoms with E-state index >= 15 is 0 Å². The molecular weight excluding hydrogens is 150 g/mol. The molecule has 1 aliphatic carbocycles. The molecule has 1 nitrogen and oxygen atoms in total. The van der Waals surface area contributed by atoms with Gasteiger partial charge in [0.05, 0.1) is 0 Å². The normalized spacial score (nSPS) is 23.6. The minimum absolute atomic E-state index is 0.0778. The summed E-state index contributed by atoms with van der Waals surface area (Å²) in [6, 6.07) is 0. The molecule has 0 aromatic heterocycles. The van der Waals surface area contributed by atoms with Gasteiger partial charge in [0.15, 0.2) is 0 Å². The summed E-state index contributed by atoms with van der Waals surface area (Å²) in [6.45, 7) is -0.840. The summed E-state index contributed by atoms with van der Waals surface area (Å²) in [5.74, 6) is 0.455. The standard InChI is InChI=1S/C8H10F2O/c1-6-4-2-3-5-7(6)11-8(9)10/h2-3,5-6,8H,4H2,1H3/t6-/m1/s1. The molecule has 1 atom stereocenters. The molecule has 0 spiro atoms. The van der Waals surface area contributed by atoms with Crippen molar-refractivity contribution in [3.8, 4) is 0 Å². The van der Waals surface area contributed by atoms with E-state index in [0.29, 0.717) is 5.76 Å². The van der Waals surface area contributed by atoms with Crippen LogP contribution in [0, 0.1) is 5.92 Å². The van der Waals surface area contributed by atoms with Crippen LogP contribution in [0.1, 0.15) is 13.3 Å². The van der Waals surface area contributed by atoms with Gasteiger partial charge in [-0.3, -0.25) is 0 Å². The molecule has 0 unspecified atom stereocenters. The molecule has 3 heteroatoms. The number of halogens is 2. The number of alkyl halides is 2. The van der Waals surface area contributed by atoms with Crippen LogP contribution in [0.3, 0.4) is 0 Å². The first-order chi connectivity index (χ1) is 5.20. The van der Waals surface area contributed by atoms with Crippen LogP contribution in [0.25, 0.3) is 0 Å². The summed E-state index contributed by atoms with van der Waals surface area (Å²) >= 11 is 0. The largest absolute Gasteiger partial charge is 0.439 e. The second-order valence-electron chi connectivity index (χ2n) is 2.51. The summed E-state index contributed by atoms with van der Waals surface area (Å²) in [6.07, 6.45) is 6.03. The second kappa shape index (κ2) is 3.51. The minimum Gasteiger partial charge on any atom is -0.439 e. The highest BCUT2D eigenvalue weighted by atomic mass is 19.3. The Morgan fingerprint density at radius 1 is 1.64 bits per heavy atom. The van der Waals surface area contributed by atoms with Crippen LogP contribution in [0.15, 0.2) is 24.0 Å². The molecule has 62 valence electrons. The highest BCUT2D eigenvalue weighted by molar-refractivity contribution is 5.15. The quantitative estimate of drug-likeness (QED) is 0.603. The number of ether oxygens (including phenoxy) is 1. The highest BCUT2D eigenvalue weighted by Gasteiger charge is 2.14. The molecule has 0 saturated carbocycles. The third-order valence-electron chi connectivity index (χ3n) is 1.60. The van der Waals surface area contributed by atoms with E-state index in [9.17, 15) is 8.78 Å². The summed E-state index contributed by atoms with van der Waals surface area (Å²) in [7, 11) is 0. The molecule has 0 N–H and O–H groups in total. The molecule has 0 aromatic carbocycles. The van der Waals surface area contributed by atoms with Gasteiger partial charge in [-0.1, -0.05) is 19.1 Å². The topological polar surface area (TPSA) is 9.23 Å². The summed E-state index contributed by atoms with van der Waals surface area (Å²) in [5, 5.41) is 0. The predicted molar refractivity (Wildman–Crippen MR) is 38.1 cm³/mol. The molecule has 1 aliphatic rings. The van der Waals surface area contributed by atoms with Crippen LogP contribution in [0.4, 0.5) is 8.78 Å². The first-order valence-electron chi connectivity index (χ1n) is 3.51. The Morgan fingerprint density at radius 2 is 2.36 bits per heavy atom. The van der Waals surface area contributed by atoms with Crippen LogP contribution in [0.5, 0.6) is 0 Å². The zero-order valence-electron chi connectivity index (χ0n) is 6.26. The lowest BCUT2D eigenvalue weighted by Gasteiger charge is -2.16. The van der Waals surface area contributed by atoms with Crippen molar-refractivity contribution in [1.82, 2.24) is 0 Å². The lowest BCUT2D eigenvalue weighted by molar-refractivity contribution is -0.103. The lowest BCUT2D eigenvalue weighted by Crippen LogP contribution is -2.08. The van der Waals surface area contributed by atoms with Crippen molar-refractivity contribution in [3.05, 3.63) is 24.0 Å². The van der Waals surface area contributed by atoms with Gasteiger partial charge in [0.1, 0.15) is 5.76 Å². The summed E-state index contributed by atoms with van der Waals surface area (Å²) < 4.78 is 27.7. The van der Waals surface area contributed by atoms with Crippen LogP contribution < -0.4 is 0 Å². The third kappa shape index (κ3) is 2.33. The fraction of sp³-hybridized carbons (Fsp3) is 0.500. The second-order valence-corrected chi connectivity index (χ2v) is 2.51. The van der Waals surface area contributed by atoms with Crippen molar-refractivity contribution >= 4 is 0 Å². The maximum absolute atomic E-state index is 11.7. The van der Waals surface area contributed by atoms with E-state index in [2.05, 4.69) is 4.74 Å². The summed E-state index contributed by atoms with van der Waals surface area (Å²) in [5.41, 5.74) is 0. The molecule has 0 heterocycles. The van der Waals surface area contributed by atoms with Gasteiger partial charge in [0.25, 0.3) is 0 Å². The van der Waals surface area contributed by atoms with Crippen molar-refractivity contribution < 1.29 is 13.5 Å². The lowest BCUT2D eigenvalue weighted by atomic mass is 10.0. The number of allylic oxidation sites excluding steroid dienone is 4. The highest BCUT2D eigenvalue weighted by Crippen LogP contribution is 2.22. The van der Waals surface area contributed by atoms with Gasteiger partial charge in [0, 0.05) is 5.92 Å². The average Bonchev–Trinajstić information content (AvgIpc) is 1.93. The molecule has 0 aromatic rings. The van der Waals surface area contributed by atoms with Gasteiger partial charge in [0.2, 0.25) is 0 Å². The zero-order valence-corrected chi connectivity index (χ0v) is 6.26. The van der Waals surface area contributed by atoms with E-state index < -0.39 is 6.61 Å². The summed E-state index contributed by atoms with van der Waals surface area (Å²) in [4.78, 5) is 0. The number of hydrogen-bond donors (Lipinski definition) is 0. The van der Waals surface area contributed by atoms with Crippen molar-refractivity contribution in [2.45, 2.75) is 20.0 Å². The first-order valence-corrected chi connectivity index (χ1v) is 3.51. The van der Waals surface area contributed by atoms with Crippen LogP contribution in [0.2, 0.25) is 0 Å². The third-order valence-corrected chi connectivity index (χ3v) is 1.60. The maximum atomic E-state index is 11.7. The van der Waals surface area contributed by atoms with E-state index in [-0.39, 0.29) is 5.92 Å². The molecule has 0 aliphatic heterocycles. The molecule has 0 radical (unpaired) electrons. The fourth-order valence-electron chi connectivity index (χ4n) is 0.984. The Balaban J connectivity index is 2.54. The van der Waals surface area contributed by atoms with Crippen LogP contribution in [-0.2, 0) is 4.74 Å². The van der Waals surface area contributed by atoms with Gasteiger partial charge >= 0.3 is 6.61 Å². The molecule has 11 heavy (non-hydrogen) atoms. The van der Waals surface area contributed by atoms with Crippen molar-refractivity contribution in [2.75, 3.05) is 0 Å². The Kier molecular flexibility index (Phi) is 2.63. The zero-order chi connectivity index (χ0) is 8.27. The fourth-order valence-corrected chi connectivity index (χ4v) is 0.984. The Morgan fingerprint density at radius 3 is 2.91 bits per heavy atom. The van der Waals surface area contributed by atoms with Gasteiger partial charge in [-0.2, -0.15) is 8.78 Å². The maximum Gasteiger partial charge on any atom is 0.387 e. The van der Waals surface area contributed by atoms with Crippen LogP contribution in [-0.4, -0.2) is 6.61 Å². The van der Waals surface area contributed by atoms with E-state index in [4.69, 9.17) is 0 Å². The first kappa shape index (κ1) is 8.24. The predicted octanol–water partition coefficient (Wildman–Crippen LogP) is 2.71. The number of rotatable bonds is 2. The van der Waals surface area contributed by atoms with Crippen molar-refractivity contribution in [3.63, 3.8) is 0 Å². The van der Waals surface area contributed by atoms with E-state index in [1.807, 2.05) is 13.0 Å². The SMILES string of the molecule is C[C@@H]1CC=CC=C1OC(F)F. The average molecular weight is 160 g/mol. The van der Waals surface area contributed by atoms with E-state index in [1.54, 1.807) is 12.2 Å². The van der Waals surface area contributed by atoms with Gasteiger partial charge < -0.3 is 4.74 Å². The molecule has 0 saturated heterocycles. The van der Waals surface area contributed by atoms with E-state index in [0.717, 1.165) is 6.42 Å². The monoisotopic (exact) mass is 160 g/mol. The molecular formula is C8H10F2O. The van der Waals surface area contributed by atoms with Crippen LogP contribution >= 0.6 is 0 Å². The molecule has 0 fully saturated rings. The van der Waals surface area contributed by atoms with Crippen molar-refractivity contribution in [1.29, 1.82) is 0 Å². The Bertz CT molecular complexity index is 185. The molecule has 0 amide bonds. The van der Waals surface area contributed by atoms with Gasteiger partial charge in [-0.15, -0.1) is 0 Å². The van der Waals surface area contributed by atoms with Gasteiger partial charge in [-0.25, -0.2) is 0 Å². The minimum atomic E-state index is -2.70. The van der Waals surface area contributed by atoms with Crippen molar-refractivity contribution in [2.24, 2.45) is 5.92 Å². The smallest absolute Gasteiger partial charge is 0.387 e. The Hall–Kier alpha value is -0.860. The number of hydrogen-bond acceptors (Lipinski definition) is 1. The molecule has 1 rings (SSSR count). The molecule has 0 bridgehead atoms. The Labute approximate surface area is 64.4 Å². The van der Waals surface area contributed by atoms with Gasteiger partial charge in [-0.05, 0) is 12.5 Å². The van der Waals surface area contributed by atoms with E-state index in [1.165, 1.54) is 0 Å².